The maximum atomic E-state index is 12.7. The molecule has 0 saturated heterocycles. The molecule has 1 aromatic rings. The average molecular weight is 453 g/mol. The van der Waals surface area contributed by atoms with E-state index in [-0.39, 0.29) is 22.6 Å². The Labute approximate surface area is 184 Å². The van der Waals surface area contributed by atoms with Crippen LogP contribution in [0.2, 0.25) is 0 Å². The van der Waals surface area contributed by atoms with Gasteiger partial charge in [0.2, 0.25) is 5.90 Å². The molecule has 2 heterocycles. The summed E-state index contributed by atoms with van der Waals surface area (Å²) in [6.07, 6.45) is 1.55. The number of aliphatic imine (C=N–C) groups is 1. The van der Waals surface area contributed by atoms with Crippen LogP contribution in [-0.2, 0) is 14.8 Å². The van der Waals surface area contributed by atoms with Crippen LogP contribution in [0.5, 0.6) is 0 Å². The van der Waals surface area contributed by atoms with E-state index in [1.165, 1.54) is 0 Å². The monoisotopic (exact) mass is 452 g/mol. The molecule has 1 aromatic heterocycles. The second kappa shape index (κ2) is 9.99. The summed E-state index contributed by atoms with van der Waals surface area (Å²) in [7, 11) is -0.512. The van der Waals surface area contributed by atoms with Gasteiger partial charge >= 0.3 is 6.03 Å². The summed E-state index contributed by atoms with van der Waals surface area (Å²) in [6.45, 7) is 8.66. The van der Waals surface area contributed by atoms with Crippen LogP contribution in [0.25, 0.3) is 0 Å². The number of aromatic nitrogens is 1. The second-order valence-electron chi connectivity index (χ2n) is 8.01. The number of nitrogens with zero attached hydrogens (tertiary/aromatic N) is 3. The molecule has 1 aliphatic rings. The zero-order chi connectivity index (χ0) is 23.3. The summed E-state index contributed by atoms with van der Waals surface area (Å²) in [5.41, 5.74) is 7.51. The van der Waals surface area contributed by atoms with Crippen LogP contribution in [0.1, 0.15) is 57.2 Å². The highest BCUT2D eigenvalue weighted by molar-refractivity contribution is 7.94. The highest BCUT2D eigenvalue weighted by Gasteiger charge is 2.28. The number of anilines is 2. The van der Waals surface area contributed by atoms with Crippen LogP contribution >= 0.6 is 0 Å². The SMILES string of the molecule is CC(C)c1cc(N(C)C)nc(C(C)C)c1NC(=O)NS(=O)(=O)C(=CN)C1=NCCCO1. The molecule has 0 spiro atoms. The number of hydrogen-bond donors (Lipinski definition) is 3. The molecule has 0 unspecified atom stereocenters. The third-order valence-electron chi connectivity index (χ3n) is 4.61. The van der Waals surface area contributed by atoms with Gasteiger partial charge in [0.25, 0.3) is 10.0 Å². The summed E-state index contributed by atoms with van der Waals surface area (Å²) >= 11 is 0. The molecule has 1 aliphatic heterocycles. The zero-order valence-corrected chi connectivity index (χ0v) is 19.7. The van der Waals surface area contributed by atoms with Crippen LogP contribution in [-0.4, -0.2) is 52.6 Å². The minimum absolute atomic E-state index is 0.00574. The fourth-order valence-electron chi connectivity index (χ4n) is 3.01. The summed E-state index contributed by atoms with van der Waals surface area (Å²) in [6, 6.07) is 0.968. The summed E-state index contributed by atoms with van der Waals surface area (Å²) in [5.74, 6) is 0.716. The first-order valence-electron chi connectivity index (χ1n) is 10.1. The molecule has 0 bridgehead atoms. The van der Waals surface area contributed by atoms with E-state index in [4.69, 9.17) is 10.5 Å². The van der Waals surface area contributed by atoms with Crippen LogP contribution in [0.3, 0.4) is 0 Å². The first kappa shape index (κ1) is 24.4. The van der Waals surface area contributed by atoms with Crippen LogP contribution in [0, 0.1) is 0 Å². The molecule has 0 radical (unpaired) electrons. The van der Waals surface area contributed by atoms with Gasteiger partial charge < -0.3 is 20.7 Å². The molecule has 0 aliphatic carbocycles. The molecule has 2 rings (SSSR count). The van der Waals surface area contributed by atoms with Gasteiger partial charge in [-0.3, -0.25) is 4.99 Å². The second-order valence-corrected chi connectivity index (χ2v) is 9.66. The van der Waals surface area contributed by atoms with Gasteiger partial charge in [0.05, 0.1) is 18.0 Å². The molecule has 31 heavy (non-hydrogen) atoms. The van der Waals surface area contributed by atoms with Crippen molar-refractivity contribution < 1.29 is 17.9 Å². The highest BCUT2D eigenvalue weighted by Crippen LogP contribution is 2.34. The topological polar surface area (TPSA) is 139 Å². The van der Waals surface area contributed by atoms with Crippen molar-refractivity contribution in [2.45, 2.75) is 46.0 Å². The van der Waals surface area contributed by atoms with Gasteiger partial charge in [0.1, 0.15) is 5.82 Å². The van der Waals surface area contributed by atoms with Crippen LogP contribution < -0.4 is 20.7 Å². The molecule has 10 nitrogen and oxygen atoms in total. The van der Waals surface area contributed by atoms with Crippen molar-refractivity contribution in [3.63, 3.8) is 0 Å². The van der Waals surface area contributed by atoms with Gasteiger partial charge in [0, 0.05) is 33.3 Å². The molecule has 172 valence electrons. The van der Waals surface area contributed by atoms with Gasteiger partial charge in [-0.25, -0.2) is 22.9 Å². The molecule has 0 fully saturated rings. The number of hydrogen-bond acceptors (Lipinski definition) is 8. The summed E-state index contributed by atoms with van der Waals surface area (Å²) in [5, 5.41) is 2.69. The summed E-state index contributed by atoms with van der Waals surface area (Å²) < 4.78 is 32.8. The molecule has 2 amide bonds. The Morgan fingerprint density at radius 3 is 2.42 bits per heavy atom. The van der Waals surface area contributed by atoms with Crippen molar-refractivity contribution in [3.8, 4) is 0 Å². The number of sulfonamides is 1. The number of pyridine rings is 1. The maximum Gasteiger partial charge on any atom is 0.333 e. The number of ether oxygens (including phenoxy) is 1. The predicted molar refractivity (Wildman–Crippen MR) is 123 cm³/mol. The minimum atomic E-state index is -4.29. The van der Waals surface area contributed by atoms with Crippen molar-refractivity contribution in [1.82, 2.24) is 9.71 Å². The smallest absolute Gasteiger partial charge is 0.333 e. The van der Waals surface area contributed by atoms with Crippen molar-refractivity contribution >= 4 is 33.5 Å². The van der Waals surface area contributed by atoms with Gasteiger partial charge in [0.15, 0.2) is 4.91 Å². The summed E-state index contributed by atoms with van der Waals surface area (Å²) in [4.78, 5) is 22.9. The van der Waals surface area contributed by atoms with Gasteiger partial charge in [-0.15, -0.1) is 0 Å². The maximum absolute atomic E-state index is 12.7. The molecular formula is C20H32N6O4S. The number of carbonyl (C=O) groups excluding carboxylic acids is 1. The van der Waals surface area contributed by atoms with Crippen LogP contribution in [0.15, 0.2) is 22.2 Å². The Bertz CT molecular complexity index is 954. The first-order valence-corrected chi connectivity index (χ1v) is 11.6. The first-order chi connectivity index (χ1) is 14.5. The molecule has 0 saturated carbocycles. The van der Waals surface area contributed by atoms with Crippen molar-refractivity contribution in [2.24, 2.45) is 10.7 Å². The van der Waals surface area contributed by atoms with E-state index in [9.17, 15) is 13.2 Å². The lowest BCUT2D eigenvalue weighted by molar-refractivity contribution is 0.256. The standard InChI is InChI=1S/C20H32N6O4S/c1-12(2)14-10-16(26(5)6)23-17(13(3)4)18(14)24-20(27)25-31(28,29)15(11-21)19-22-8-7-9-30-19/h10-13H,7-9,21H2,1-6H3,(H2,24,25,27). The fourth-order valence-corrected chi connectivity index (χ4v) is 3.95. The Balaban J connectivity index is 2.37. The van der Waals surface area contributed by atoms with Gasteiger partial charge in [-0.05, 0) is 23.5 Å². The Morgan fingerprint density at radius 2 is 1.94 bits per heavy atom. The lowest BCUT2D eigenvalue weighted by Crippen LogP contribution is -2.38. The van der Waals surface area contributed by atoms with E-state index in [0.29, 0.717) is 31.0 Å². The third-order valence-corrected chi connectivity index (χ3v) is 5.95. The predicted octanol–water partition coefficient (Wildman–Crippen LogP) is 2.46. The van der Waals surface area contributed by atoms with Crippen molar-refractivity contribution in [1.29, 1.82) is 0 Å². The Kier molecular flexibility index (Phi) is 7.88. The van der Waals surface area contributed by atoms with E-state index < -0.39 is 16.1 Å². The van der Waals surface area contributed by atoms with E-state index in [0.717, 1.165) is 17.6 Å². The largest absolute Gasteiger partial charge is 0.477 e. The number of nitrogens with two attached hydrogens (primary N) is 1. The van der Waals surface area contributed by atoms with E-state index in [1.54, 1.807) is 0 Å². The van der Waals surface area contributed by atoms with E-state index in [2.05, 4.69) is 15.3 Å². The fraction of sp³-hybridized carbons (Fsp3) is 0.550. The van der Waals surface area contributed by atoms with Crippen LogP contribution in [0.4, 0.5) is 16.3 Å². The van der Waals surface area contributed by atoms with E-state index >= 15 is 0 Å². The van der Waals surface area contributed by atoms with E-state index in [1.807, 2.05) is 57.5 Å². The van der Waals surface area contributed by atoms with Gasteiger partial charge in [-0.1, -0.05) is 27.7 Å². The number of nitrogens with one attached hydrogen (secondary N) is 2. The Morgan fingerprint density at radius 1 is 1.26 bits per heavy atom. The number of urea groups is 1. The quantitative estimate of drug-likeness (QED) is 0.577. The Hall–Kier alpha value is -2.82. The van der Waals surface area contributed by atoms with Crippen molar-refractivity contribution in [2.75, 3.05) is 37.5 Å². The minimum Gasteiger partial charge on any atom is -0.477 e. The molecular weight excluding hydrogens is 420 g/mol. The number of carbonyl (C=O) groups is 1. The molecule has 4 N–H and O–H groups in total. The number of rotatable bonds is 7. The normalized spacial score (nSPS) is 14.8. The lowest BCUT2D eigenvalue weighted by Gasteiger charge is -2.23. The average Bonchev–Trinajstić information content (AvgIpc) is 2.68. The molecule has 0 aromatic carbocycles. The van der Waals surface area contributed by atoms with Gasteiger partial charge in [-0.2, -0.15) is 0 Å². The molecule has 0 atom stereocenters. The third kappa shape index (κ3) is 5.87. The number of amides is 2. The zero-order valence-electron chi connectivity index (χ0n) is 18.9. The van der Waals surface area contributed by atoms with Crippen molar-refractivity contribution in [3.05, 3.63) is 28.4 Å². The highest BCUT2D eigenvalue weighted by atomic mass is 32.2. The molecule has 11 heteroatoms. The lowest BCUT2D eigenvalue weighted by atomic mass is 9.96.